The van der Waals surface area contributed by atoms with Crippen molar-refractivity contribution in [3.8, 4) is 0 Å². The summed E-state index contributed by atoms with van der Waals surface area (Å²) >= 11 is 12.1. The summed E-state index contributed by atoms with van der Waals surface area (Å²) in [5.41, 5.74) is 1.96. The minimum Gasteiger partial charge on any atom is -0.273 e. The van der Waals surface area contributed by atoms with Gasteiger partial charge < -0.3 is 0 Å². The topological polar surface area (TPSA) is 62.7 Å². The molecule has 0 saturated carbocycles. The molecular weight excluding hydrogens is 425 g/mol. The van der Waals surface area contributed by atoms with Gasteiger partial charge in [0.05, 0.1) is 27.5 Å². The van der Waals surface area contributed by atoms with Crippen LogP contribution in [0.2, 0.25) is 10.0 Å². The number of carbonyl (C=O) groups excluding carboxylic acids is 2. The zero-order valence-electron chi connectivity index (χ0n) is 15.5. The third-order valence-electron chi connectivity index (χ3n) is 5.34. The highest BCUT2D eigenvalue weighted by atomic mass is 35.5. The molecule has 3 heterocycles. The van der Waals surface area contributed by atoms with Crippen molar-refractivity contribution >= 4 is 46.4 Å². The summed E-state index contributed by atoms with van der Waals surface area (Å²) in [5, 5.41) is 2.26. The van der Waals surface area contributed by atoms with Crippen molar-refractivity contribution < 1.29 is 14.4 Å². The molecule has 5 rings (SSSR count). The molecule has 0 spiro atoms. The molecule has 2 aromatic carbocycles. The largest absolute Gasteiger partial charge is 0.273 e. The molecule has 0 bridgehead atoms. The summed E-state index contributed by atoms with van der Waals surface area (Å²) in [6.45, 7) is 0. The molecule has 0 aliphatic carbocycles. The maximum atomic E-state index is 13.5. The van der Waals surface area contributed by atoms with Crippen LogP contribution in [-0.2, 0) is 14.4 Å². The van der Waals surface area contributed by atoms with E-state index in [1.165, 1.54) is 6.07 Å². The third kappa shape index (κ3) is 2.96. The molecule has 2 aliphatic heterocycles. The molecule has 2 fully saturated rings. The number of nitrogens with zero attached hydrogens (tertiary/aromatic N) is 3. The van der Waals surface area contributed by atoms with Gasteiger partial charge in [-0.25, -0.2) is 9.96 Å². The molecular formula is C22H15Cl2N3O3. The zero-order chi connectivity index (χ0) is 20.8. The Hall–Kier alpha value is -2.93. The van der Waals surface area contributed by atoms with Crippen LogP contribution in [-0.4, -0.2) is 22.9 Å². The number of aromatic nitrogens is 1. The first-order valence-electron chi connectivity index (χ1n) is 9.30. The van der Waals surface area contributed by atoms with Crippen LogP contribution in [0.25, 0.3) is 0 Å². The van der Waals surface area contributed by atoms with Gasteiger partial charge in [-0.15, -0.1) is 0 Å². The molecule has 2 amide bonds. The van der Waals surface area contributed by atoms with Crippen LogP contribution in [0.3, 0.4) is 0 Å². The Bertz CT molecular complexity index is 1130. The van der Waals surface area contributed by atoms with E-state index in [2.05, 4.69) is 4.98 Å². The van der Waals surface area contributed by atoms with Crippen molar-refractivity contribution in [2.24, 2.45) is 5.92 Å². The molecule has 30 heavy (non-hydrogen) atoms. The van der Waals surface area contributed by atoms with Crippen LogP contribution in [0.1, 0.15) is 11.6 Å². The highest BCUT2D eigenvalue weighted by molar-refractivity contribution is 6.42. The van der Waals surface area contributed by atoms with Crippen molar-refractivity contribution in [1.82, 2.24) is 4.98 Å². The first-order chi connectivity index (χ1) is 14.6. The Morgan fingerprint density at radius 2 is 1.57 bits per heavy atom. The van der Waals surface area contributed by atoms with Gasteiger partial charge in [-0.2, -0.15) is 0 Å². The van der Waals surface area contributed by atoms with Gasteiger partial charge in [-0.05, 0) is 48.0 Å². The quantitative estimate of drug-likeness (QED) is 0.564. The standard InChI is InChI=1S/C22H15Cl2N3O3/c23-16-7-6-15(12-17(16)24)26-21(28)18-19(13-8-10-25-11-9-13)27(30-20(18)22(26)29)14-4-2-1-3-5-14/h1-12,18-20H/t18-,19+,20+/m0/s1. The zero-order valence-corrected chi connectivity index (χ0v) is 17.0. The number of rotatable bonds is 3. The highest BCUT2D eigenvalue weighted by Crippen LogP contribution is 2.47. The van der Waals surface area contributed by atoms with Gasteiger partial charge in [0.2, 0.25) is 5.91 Å². The van der Waals surface area contributed by atoms with Gasteiger partial charge in [0, 0.05) is 12.4 Å². The average Bonchev–Trinajstić information content (AvgIpc) is 3.28. The lowest BCUT2D eigenvalue weighted by molar-refractivity contribution is -0.126. The van der Waals surface area contributed by atoms with Crippen LogP contribution >= 0.6 is 23.2 Å². The lowest BCUT2D eigenvalue weighted by Crippen LogP contribution is -2.37. The van der Waals surface area contributed by atoms with Crippen molar-refractivity contribution in [1.29, 1.82) is 0 Å². The number of hydrogen-bond acceptors (Lipinski definition) is 5. The molecule has 0 radical (unpaired) electrons. The fraction of sp³-hybridized carbons (Fsp3) is 0.136. The van der Waals surface area contributed by atoms with Gasteiger partial charge in [0.25, 0.3) is 5.91 Å². The van der Waals surface area contributed by atoms with Crippen molar-refractivity contribution in [3.05, 3.63) is 88.7 Å². The predicted molar refractivity (Wildman–Crippen MR) is 113 cm³/mol. The summed E-state index contributed by atoms with van der Waals surface area (Å²) in [6.07, 6.45) is 2.37. The minimum absolute atomic E-state index is 0.268. The Kier molecular flexibility index (Phi) is 4.70. The fourth-order valence-corrected chi connectivity index (χ4v) is 4.28. The number of amides is 2. The number of hydrogen-bond donors (Lipinski definition) is 0. The number of fused-ring (bicyclic) bond motifs is 1. The van der Waals surface area contributed by atoms with Gasteiger partial charge in [0.15, 0.2) is 6.10 Å². The number of imide groups is 1. The van der Waals surface area contributed by atoms with Gasteiger partial charge >= 0.3 is 0 Å². The highest BCUT2D eigenvalue weighted by Gasteiger charge is 2.60. The van der Waals surface area contributed by atoms with E-state index in [0.717, 1.165) is 16.2 Å². The number of anilines is 2. The second-order valence-corrected chi connectivity index (χ2v) is 7.86. The van der Waals surface area contributed by atoms with E-state index in [1.54, 1.807) is 29.6 Å². The molecule has 2 saturated heterocycles. The monoisotopic (exact) mass is 439 g/mol. The van der Waals surface area contributed by atoms with E-state index in [-0.39, 0.29) is 10.9 Å². The van der Waals surface area contributed by atoms with E-state index in [0.29, 0.717) is 10.7 Å². The van der Waals surface area contributed by atoms with Gasteiger partial charge in [-0.1, -0.05) is 41.4 Å². The SMILES string of the molecule is O=C1[C@H]2[C@@H](c3ccncc3)N(c3ccccc3)O[C@H]2C(=O)N1c1ccc(Cl)c(Cl)c1. The number of halogens is 2. The summed E-state index contributed by atoms with van der Waals surface area (Å²) in [6, 6.07) is 17.2. The number of hydroxylamine groups is 1. The summed E-state index contributed by atoms with van der Waals surface area (Å²) in [7, 11) is 0. The molecule has 150 valence electrons. The lowest BCUT2D eigenvalue weighted by Gasteiger charge is -2.28. The lowest BCUT2D eigenvalue weighted by atomic mass is 9.91. The van der Waals surface area contributed by atoms with Crippen molar-refractivity contribution in [2.45, 2.75) is 12.1 Å². The van der Waals surface area contributed by atoms with Crippen LogP contribution in [0.15, 0.2) is 73.1 Å². The maximum Gasteiger partial charge on any atom is 0.266 e. The first kappa shape index (κ1) is 19.1. The van der Waals surface area contributed by atoms with Crippen LogP contribution in [0, 0.1) is 5.92 Å². The van der Waals surface area contributed by atoms with E-state index in [9.17, 15) is 9.59 Å². The number of pyridine rings is 1. The number of benzene rings is 2. The molecule has 6 nitrogen and oxygen atoms in total. The fourth-order valence-electron chi connectivity index (χ4n) is 3.99. The van der Waals surface area contributed by atoms with Crippen LogP contribution < -0.4 is 9.96 Å². The van der Waals surface area contributed by atoms with E-state index in [4.69, 9.17) is 28.0 Å². The second-order valence-electron chi connectivity index (χ2n) is 7.05. The summed E-state index contributed by atoms with van der Waals surface area (Å²) in [4.78, 5) is 37.9. The molecule has 3 aromatic rings. The summed E-state index contributed by atoms with van der Waals surface area (Å²) in [5.74, 6) is -1.49. The Morgan fingerprint density at radius 1 is 0.833 bits per heavy atom. The molecule has 8 heteroatoms. The maximum absolute atomic E-state index is 13.5. The molecule has 2 aliphatic rings. The van der Waals surface area contributed by atoms with Crippen molar-refractivity contribution in [3.63, 3.8) is 0 Å². The predicted octanol–water partition coefficient (Wildman–Crippen LogP) is 4.44. The Labute approximate surface area is 182 Å². The smallest absolute Gasteiger partial charge is 0.266 e. The van der Waals surface area contributed by atoms with Gasteiger partial charge in [0.1, 0.15) is 5.92 Å². The number of para-hydroxylation sites is 1. The minimum atomic E-state index is -0.940. The Balaban J connectivity index is 1.58. The van der Waals surface area contributed by atoms with E-state index >= 15 is 0 Å². The molecule has 3 atom stereocenters. The molecule has 0 unspecified atom stereocenters. The van der Waals surface area contributed by atoms with Crippen LogP contribution in [0.5, 0.6) is 0 Å². The summed E-state index contributed by atoms with van der Waals surface area (Å²) < 4.78 is 0. The molecule has 0 N–H and O–H groups in total. The second kappa shape index (κ2) is 7.40. The first-order valence-corrected chi connectivity index (χ1v) is 10.1. The normalized spacial score (nSPS) is 23.2. The molecule has 1 aromatic heterocycles. The van der Waals surface area contributed by atoms with Crippen molar-refractivity contribution in [2.75, 3.05) is 9.96 Å². The third-order valence-corrected chi connectivity index (χ3v) is 6.07. The number of carbonyl (C=O) groups is 2. The Morgan fingerprint density at radius 3 is 2.27 bits per heavy atom. The van der Waals surface area contributed by atoms with Gasteiger partial charge in [-0.3, -0.25) is 19.4 Å². The van der Waals surface area contributed by atoms with E-state index in [1.807, 2.05) is 42.5 Å². The van der Waals surface area contributed by atoms with E-state index < -0.39 is 24.0 Å². The van der Waals surface area contributed by atoms with Crippen LogP contribution in [0.4, 0.5) is 11.4 Å². The average molecular weight is 440 g/mol.